The molecule has 0 unspecified atom stereocenters. The lowest BCUT2D eigenvalue weighted by Gasteiger charge is -2.46. The maximum absolute atomic E-state index is 12.1. The number of piperazine rings is 1. The van der Waals surface area contributed by atoms with Crippen LogP contribution in [0.2, 0.25) is 0 Å². The van der Waals surface area contributed by atoms with E-state index in [2.05, 4.69) is 35.2 Å². The molecular weight excluding hydrogens is 288 g/mol. The van der Waals surface area contributed by atoms with Gasteiger partial charge in [-0.15, -0.1) is 0 Å². The van der Waals surface area contributed by atoms with Gasteiger partial charge in [0.2, 0.25) is 0 Å². The number of carbonyl (C=O) groups excluding carboxylic acids is 1. The van der Waals surface area contributed by atoms with Crippen molar-refractivity contribution in [2.45, 2.75) is 51.2 Å². The molecular formula is C19H28N2O2. The van der Waals surface area contributed by atoms with Crippen molar-refractivity contribution >= 4 is 6.09 Å². The molecule has 3 rings (SSSR count). The molecule has 1 saturated heterocycles. The summed E-state index contributed by atoms with van der Waals surface area (Å²) in [6, 6.07) is 11.5. The molecule has 1 aliphatic carbocycles. The smallest absolute Gasteiger partial charge is 0.410 e. The fraction of sp³-hybridized carbons (Fsp3) is 0.632. The highest BCUT2D eigenvalue weighted by Crippen LogP contribution is 2.39. The van der Waals surface area contributed by atoms with E-state index in [4.69, 9.17) is 4.74 Å². The van der Waals surface area contributed by atoms with Gasteiger partial charge < -0.3 is 9.64 Å². The van der Waals surface area contributed by atoms with Gasteiger partial charge in [0, 0.05) is 32.2 Å². The molecule has 0 spiro atoms. The Kier molecular flexibility index (Phi) is 4.62. The minimum atomic E-state index is -0.412. The van der Waals surface area contributed by atoms with Gasteiger partial charge in [0.25, 0.3) is 0 Å². The van der Waals surface area contributed by atoms with Crippen LogP contribution >= 0.6 is 0 Å². The zero-order chi connectivity index (χ0) is 16.4. The SMILES string of the molecule is CC(C)(C)OC(=O)N1CCN(C2CC(c3ccccc3)C2)CC1. The lowest BCUT2D eigenvalue weighted by atomic mass is 9.75. The Labute approximate surface area is 139 Å². The van der Waals surface area contributed by atoms with Gasteiger partial charge in [-0.1, -0.05) is 30.3 Å². The van der Waals surface area contributed by atoms with Crippen molar-refractivity contribution in [2.24, 2.45) is 0 Å². The van der Waals surface area contributed by atoms with E-state index in [-0.39, 0.29) is 6.09 Å². The fourth-order valence-electron chi connectivity index (χ4n) is 3.48. The van der Waals surface area contributed by atoms with Crippen molar-refractivity contribution in [2.75, 3.05) is 26.2 Å². The van der Waals surface area contributed by atoms with E-state index in [0.29, 0.717) is 12.0 Å². The summed E-state index contributed by atoms with van der Waals surface area (Å²) in [5, 5.41) is 0. The summed E-state index contributed by atoms with van der Waals surface area (Å²) in [6.07, 6.45) is 2.32. The van der Waals surface area contributed by atoms with Gasteiger partial charge in [0.1, 0.15) is 5.60 Å². The fourth-order valence-corrected chi connectivity index (χ4v) is 3.48. The van der Waals surface area contributed by atoms with Gasteiger partial charge in [-0.3, -0.25) is 4.90 Å². The first-order valence-corrected chi connectivity index (χ1v) is 8.69. The van der Waals surface area contributed by atoms with Gasteiger partial charge in [0.15, 0.2) is 0 Å². The highest BCUT2D eigenvalue weighted by atomic mass is 16.6. The molecule has 0 bridgehead atoms. The van der Waals surface area contributed by atoms with E-state index in [1.165, 1.54) is 18.4 Å². The molecule has 23 heavy (non-hydrogen) atoms. The van der Waals surface area contributed by atoms with Gasteiger partial charge in [-0.05, 0) is 45.1 Å². The average Bonchev–Trinajstić information content (AvgIpc) is 2.46. The Balaban J connectivity index is 1.43. The standard InChI is InChI=1S/C19H28N2O2/c1-19(2,3)23-18(22)21-11-9-20(10-12-21)17-13-16(14-17)15-7-5-4-6-8-15/h4-8,16-17H,9-14H2,1-3H3. The van der Waals surface area contributed by atoms with Crippen molar-refractivity contribution in [1.29, 1.82) is 0 Å². The molecule has 1 aromatic rings. The van der Waals surface area contributed by atoms with Crippen LogP contribution in [0.1, 0.15) is 45.1 Å². The minimum absolute atomic E-state index is 0.173. The van der Waals surface area contributed by atoms with Crippen molar-refractivity contribution in [3.63, 3.8) is 0 Å². The van der Waals surface area contributed by atoms with E-state index in [9.17, 15) is 4.79 Å². The van der Waals surface area contributed by atoms with Crippen LogP contribution in [-0.2, 0) is 4.74 Å². The van der Waals surface area contributed by atoms with E-state index < -0.39 is 5.60 Å². The number of rotatable bonds is 2. The molecule has 0 N–H and O–H groups in total. The predicted molar refractivity (Wildman–Crippen MR) is 91.6 cm³/mol. The molecule has 1 saturated carbocycles. The number of amides is 1. The van der Waals surface area contributed by atoms with Crippen LogP contribution in [0.5, 0.6) is 0 Å². The lowest BCUT2D eigenvalue weighted by Crippen LogP contribution is -2.55. The first-order valence-electron chi connectivity index (χ1n) is 8.69. The predicted octanol–water partition coefficient (Wildman–Crippen LogP) is 3.49. The summed E-state index contributed by atoms with van der Waals surface area (Å²) in [6.45, 7) is 9.23. The monoisotopic (exact) mass is 316 g/mol. The molecule has 4 nitrogen and oxygen atoms in total. The van der Waals surface area contributed by atoms with Crippen LogP contribution < -0.4 is 0 Å². The van der Waals surface area contributed by atoms with E-state index in [1.54, 1.807) is 0 Å². The molecule has 2 fully saturated rings. The largest absolute Gasteiger partial charge is 0.444 e. The Morgan fingerprint density at radius 2 is 1.65 bits per heavy atom. The number of carbonyl (C=O) groups is 1. The second-order valence-corrected chi connectivity index (χ2v) is 7.74. The zero-order valence-electron chi connectivity index (χ0n) is 14.5. The Hall–Kier alpha value is -1.55. The molecule has 1 aromatic carbocycles. The highest BCUT2D eigenvalue weighted by Gasteiger charge is 2.36. The molecule has 0 atom stereocenters. The van der Waals surface area contributed by atoms with Crippen LogP contribution in [0.4, 0.5) is 4.79 Å². The molecule has 0 aromatic heterocycles. The summed E-state index contributed by atoms with van der Waals surface area (Å²) < 4.78 is 5.46. The number of nitrogens with zero attached hydrogens (tertiary/aromatic N) is 2. The number of benzene rings is 1. The molecule has 2 aliphatic rings. The molecule has 126 valence electrons. The summed E-state index contributed by atoms with van der Waals surface area (Å²) >= 11 is 0. The third-order valence-corrected chi connectivity index (χ3v) is 4.87. The van der Waals surface area contributed by atoms with Gasteiger partial charge in [-0.25, -0.2) is 4.79 Å². The summed E-state index contributed by atoms with van der Waals surface area (Å²) in [4.78, 5) is 16.5. The lowest BCUT2D eigenvalue weighted by molar-refractivity contribution is 0.00297. The quantitative estimate of drug-likeness (QED) is 0.837. The summed E-state index contributed by atoms with van der Waals surface area (Å²) in [5.41, 5.74) is 1.06. The van der Waals surface area contributed by atoms with Gasteiger partial charge >= 0.3 is 6.09 Å². The van der Waals surface area contributed by atoms with Crippen LogP contribution in [0.3, 0.4) is 0 Å². The molecule has 1 aliphatic heterocycles. The summed E-state index contributed by atoms with van der Waals surface area (Å²) in [7, 11) is 0. The maximum atomic E-state index is 12.1. The Bertz CT molecular complexity index is 524. The van der Waals surface area contributed by atoms with Crippen LogP contribution in [0, 0.1) is 0 Å². The van der Waals surface area contributed by atoms with Crippen molar-refractivity contribution in [3.8, 4) is 0 Å². The van der Waals surface area contributed by atoms with Crippen LogP contribution in [0.25, 0.3) is 0 Å². The normalized spacial score (nSPS) is 25.8. The first-order chi connectivity index (χ1) is 10.9. The van der Waals surface area contributed by atoms with Crippen LogP contribution in [-0.4, -0.2) is 53.7 Å². The summed E-state index contributed by atoms with van der Waals surface area (Å²) in [5.74, 6) is 0.713. The third kappa shape index (κ3) is 4.05. The number of hydrogen-bond donors (Lipinski definition) is 0. The molecule has 4 heteroatoms. The number of ether oxygens (including phenoxy) is 1. The van der Waals surface area contributed by atoms with E-state index >= 15 is 0 Å². The van der Waals surface area contributed by atoms with Gasteiger partial charge in [-0.2, -0.15) is 0 Å². The van der Waals surface area contributed by atoms with Crippen molar-refractivity contribution in [3.05, 3.63) is 35.9 Å². The van der Waals surface area contributed by atoms with Crippen LogP contribution in [0.15, 0.2) is 30.3 Å². The Morgan fingerprint density at radius 3 is 2.22 bits per heavy atom. The minimum Gasteiger partial charge on any atom is -0.444 e. The first kappa shape index (κ1) is 16.3. The van der Waals surface area contributed by atoms with Crippen molar-refractivity contribution < 1.29 is 9.53 Å². The second kappa shape index (κ2) is 6.52. The molecule has 0 radical (unpaired) electrons. The topological polar surface area (TPSA) is 32.8 Å². The van der Waals surface area contributed by atoms with E-state index in [0.717, 1.165) is 26.2 Å². The molecule has 1 amide bonds. The van der Waals surface area contributed by atoms with Crippen molar-refractivity contribution in [1.82, 2.24) is 9.80 Å². The van der Waals surface area contributed by atoms with E-state index in [1.807, 2.05) is 25.7 Å². The third-order valence-electron chi connectivity index (χ3n) is 4.87. The zero-order valence-corrected chi connectivity index (χ0v) is 14.5. The Morgan fingerprint density at radius 1 is 1.04 bits per heavy atom. The highest BCUT2D eigenvalue weighted by molar-refractivity contribution is 5.68. The average molecular weight is 316 g/mol. The number of hydrogen-bond acceptors (Lipinski definition) is 3. The maximum Gasteiger partial charge on any atom is 0.410 e. The van der Waals surface area contributed by atoms with Gasteiger partial charge in [0.05, 0.1) is 0 Å². The molecule has 1 heterocycles. The second-order valence-electron chi connectivity index (χ2n) is 7.74.